The zero-order valence-corrected chi connectivity index (χ0v) is 35.5. The van der Waals surface area contributed by atoms with Gasteiger partial charge >= 0.3 is 5.97 Å². The number of ether oxygens (including phenoxy) is 1. The molecule has 6 nitrogen and oxygen atoms in total. The number of aliphatic hydroxyl groups is 2. The van der Waals surface area contributed by atoms with Crippen LogP contribution in [0, 0.1) is 0 Å². The van der Waals surface area contributed by atoms with E-state index >= 15 is 0 Å². The lowest BCUT2D eigenvalue weighted by Crippen LogP contribution is -2.45. The van der Waals surface area contributed by atoms with Crippen LogP contribution in [0.4, 0.5) is 0 Å². The van der Waals surface area contributed by atoms with Crippen molar-refractivity contribution in [3.8, 4) is 0 Å². The number of hydrogen-bond acceptors (Lipinski definition) is 5. The number of rotatable bonds is 43. The molecule has 2 unspecified atom stereocenters. The molecule has 0 aliphatic heterocycles. The lowest BCUT2D eigenvalue weighted by atomic mass is 10.0. The molecular formula is C47H91NO5. The first-order chi connectivity index (χ1) is 26.0. The fourth-order valence-electron chi connectivity index (χ4n) is 7.16. The van der Waals surface area contributed by atoms with Crippen LogP contribution in [0.2, 0.25) is 0 Å². The summed E-state index contributed by atoms with van der Waals surface area (Å²) in [5, 5.41) is 23.0. The maximum absolute atomic E-state index is 12.4. The second-order valence-electron chi connectivity index (χ2n) is 16.1. The molecule has 0 bridgehead atoms. The molecule has 0 saturated carbocycles. The molecule has 6 heteroatoms. The van der Waals surface area contributed by atoms with Gasteiger partial charge in [-0.15, -0.1) is 0 Å². The second-order valence-corrected chi connectivity index (χ2v) is 16.1. The first-order valence-corrected chi connectivity index (χ1v) is 23.5. The van der Waals surface area contributed by atoms with Crippen LogP contribution >= 0.6 is 0 Å². The Morgan fingerprint density at radius 2 is 0.868 bits per heavy atom. The molecule has 0 saturated heterocycles. The van der Waals surface area contributed by atoms with Gasteiger partial charge in [0.25, 0.3) is 0 Å². The number of aliphatic hydroxyl groups excluding tert-OH is 2. The van der Waals surface area contributed by atoms with Crippen LogP contribution in [0.15, 0.2) is 12.2 Å². The van der Waals surface area contributed by atoms with Crippen LogP contribution in [0.25, 0.3) is 0 Å². The molecular weight excluding hydrogens is 659 g/mol. The Labute approximate surface area is 329 Å². The van der Waals surface area contributed by atoms with Crippen LogP contribution in [-0.2, 0) is 14.3 Å². The van der Waals surface area contributed by atoms with Gasteiger partial charge in [-0.1, -0.05) is 219 Å². The van der Waals surface area contributed by atoms with E-state index in [1.54, 1.807) is 6.08 Å². The SMILES string of the molecule is CCCCCCCCCCCCCC/C=C/C(O)C(CO)NC(=O)CCCCCCCCCCCCOC(=O)CCCCCCCCCCCCCC. The number of nitrogens with one attached hydrogen (secondary N) is 1. The molecule has 0 radical (unpaired) electrons. The number of carbonyl (C=O) groups excluding carboxylic acids is 2. The molecule has 2 atom stereocenters. The Bertz CT molecular complexity index is 787. The summed E-state index contributed by atoms with van der Waals surface area (Å²) in [6.07, 6.45) is 47.6. The molecule has 0 fully saturated rings. The van der Waals surface area contributed by atoms with Gasteiger partial charge in [-0.05, 0) is 32.1 Å². The molecule has 0 heterocycles. The van der Waals surface area contributed by atoms with E-state index in [2.05, 4.69) is 19.2 Å². The largest absolute Gasteiger partial charge is 0.466 e. The van der Waals surface area contributed by atoms with E-state index in [0.717, 1.165) is 57.8 Å². The Morgan fingerprint density at radius 1 is 0.509 bits per heavy atom. The molecule has 1 amide bonds. The average Bonchev–Trinajstić information content (AvgIpc) is 3.16. The normalized spacial score (nSPS) is 12.8. The minimum atomic E-state index is -0.856. The monoisotopic (exact) mass is 750 g/mol. The van der Waals surface area contributed by atoms with Crippen LogP contribution in [0.5, 0.6) is 0 Å². The van der Waals surface area contributed by atoms with Crippen molar-refractivity contribution < 1.29 is 24.5 Å². The first-order valence-electron chi connectivity index (χ1n) is 23.5. The van der Waals surface area contributed by atoms with E-state index in [9.17, 15) is 19.8 Å². The van der Waals surface area contributed by atoms with Crippen LogP contribution in [0.3, 0.4) is 0 Å². The standard InChI is InChI=1S/C47H91NO5/c1-3-5-7-9-11-13-15-17-18-19-23-27-31-35-39-45(50)44(43-49)48-46(51)40-36-32-28-24-21-22-26-30-34-38-42-53-47(52)41-37-33-29-25-20-16-14-12-10-8-6-4-2/h35,39,44-45,49-50H,3-34,36-38,40-43H2,1-2H3,(H,48,51)/b39-35+. The minimum Gasteiger partial charge on any atom is -0.466 e. The quantitative estimate of drug-likeness (QED) is 0.0328. The summed E-state index contributed by atoms with van der Waals surface area (Å²) in [6, 6.07) is -0.642. The fourth-order valence-corrected chi connectivity index (χ4v) is 7.16. The van der Waals surface area contributed by atoms with Gasteiger partial charge in [-0.25, -0.2) is 0 Å². The molecule has 0 aromatic heterocycles. The average molecular weight is 750 g/mol. The highest BCUT2D eigenvalue weighted by Gasteiger charge is 2.18. The van der Waals surface area contributed by atoms with Gasteiger partial charge in [-0.3, -0.25) is 9.59 Å². The van der Waals surface area contributed by atoms with Gasteiger partial charge in [0.1, 0.15) is 0 Å². The molecule has 314 valence electrons. The van der Waals surface area contributed by atoms with Crippen molar-refractivity contribution in [1.82, 2.24) is 5.32 Å². The Morgan fingerprint density at radius 3 is 1.28 bits per heavy atom. The summed E-state index contributed by atoms with van der Waals surface area (Å²) < 4.78 is 5.43. The summed E-state index contributed by atoms with van der Waals surface area (Å²) in [5.74, 6) is -0.111. The van der Waals surface area contributed by atoms with E-state index < -0.39 is 12.1 Å². The summed E-state index contributed by atoms with van der Waals surface area (Å²) in [5.41, 5.74) is 0. The van der Waals surface area contributed by atoms with E-state index in [-0.39, 0.29) is 18.5 Å². The molecule has 0 rings (SSSR count). The molecule has 3 N–H and O–H groups in total. The smallest absolute Gasteiger partial charge is 0.305 e. The predicted octanol–water partition coefficient (Wildman–Crippen LogP) is 13.4. The van der Waals surface area contributed by atoms with Gasteiger partial charge in [0.15, 0.2) is 0 Å². The summed E-state index contributed by atoms with van der Waals surface area (Å²) in [7, 11) is 0. The molecule has 0 aromatic carbocycles. The van der Waals surface area contributed by atoms with Gasteiger partial charge in [0, 0.05) is 12.8 Å². The zero-order valence-electron chi connectivity index (χ0n) is 35.5. The highest BCUT2D eigenvalue weighted by Crippen LogP contribution is 2.15. The Hall–Kier alpha value is -1.40. The molecule has 0 aromatic rings. The number of carbonyl (C=O) groups is 2. The lowest BCUT2D eigenvalue weighted by Gasteiger charge is -2.20. The number of esters is 1. The predicted molar refractivity (Wildman–Crippen MR) is 227 cm³/mol. The van der Waals surface area contributed by atoms with E-state index in [1.807, 2.05) is 6.08 Å². The molecule has 0 spiro atoms. The lowest BCUT2D eigenvalue weighted by molar-refractivity contribution is -0.143. The van der Waals surface area contributed by atoms with Crippen molar-refractivity contribution in [2.75, 3.05) is 13.2 Å². The third-order valence-electron chi connectivity index (χ3n) is 10.8. The van der Waals surface area contributed by atoms with Gasteiger partial charge in [0.2, 0.25) is 5.91 Å². The Kier molecular flexibility index (Phi) is 42.2. The molecule has 0 aliphatic rings. The van der Waals surface area contributed by atoms with Gasteiger partial charge in [0.05, 0.1) is 25.4 Å². The van der Waals surface area contributed by atoms with Gasteiger partial charge in [-0.2, -0.15) is 0 Å². The first kappa shape index (κ1) is 51.6. The molecule has 0 aliphatic carbocycles. The van der Waals surface area contributed by atoms with Gasteiger partial charge < -0.3 is 20.3 Å². The summed E-state index contributed by atoms with van der Waals surface area (Å²) in [4.78, 5) is 24.4. The number of hydrogen-bond donors (Lipinski definition) is 3. The Balaban J connectivity index is 3.52. The van der Waals surface area contributed by atoms with Crippen molar-refractivity contribution in [2.45, 2.75) is 264 Å². The molecule has 53 heavy (non-hydrogen) atoms. The number of allylic oxidation sites excluding steroid dienone is 1. The van der Waals surface area contributed by atoms with E-state index in [0.29, 0.717) is 19.4 Å². The third kappa shape index (κ3) is 40.1. The maximum atomic E-state index is 12.4. The van der Waals surface area contributed by atoms with E-state index in [1.165, 1.54) is 167 Å². The topological polar surface area (TPSA) is 95.9 Å². The zero-order chi connectivity index (χ0) is 38.7. The van der Waals surface area contributed by atoms with Crippen LogP contribution < -0.4 is 5.32 Å². The van der Waals surface area contributed by atoms with Crippen LogP contribution in [0.1, 0.15) is 251 Å². The van der Waals surface area contributed by atoms with Crippen molar-refractivity contribution in [1.29, 1.82) is 0 Å². The minimum absolute atomic E-state index is 0.0204. The van der Waals surface area contributed by atoms with E-state index in [4.69, 9.17) is 4.74 Å². The second kappa shape index (κ2) is 43.3. The van der Waals surface area contributed by atoms with Crippen molar-refractivity contribution >= 4 is 11.9 Å². The fraction of sp³-hybridized carbons (Fsp3) is 0.915. The summed E-state index contributed by atoms with van der Waals surface area (Å²) in [6.45, 7) is 4.84. The van der Waals surface area contributed by atoms with Crippen molar-refractivity contribution in [3.63, 3.8) is 0 Å². The highest BCUT2D eigenvalue weighted by atomic mass is 16.5. The maximum Gasteiger partial charge on any atom is 0.305 e. The van der Waals surface area contributed by atoms with Crippen molar-refractivity contribution in [2.24, 2.45) is 0 Å². The highest BCUT2D eigenvalue weighted by molar-refractivity contribution is 5.76. The number of unbranched alkanes of at least 4 members (excludes halogenated alkanes) is 32. The van der Waals surface area contributed by atoms with Crippen molar-refractivity contribution in [3.05, 3.63) is 12.2 Å². The third-order valence-corrected chi connectivity index (χ3v) is 10.8. The van der Waals surface area contributed by atoms with Crippen LogP contribution in [-0.4, -0.2) is 47.4 Å². The summed E-state index contributed by atoms with van der Waals surface area (Å²) >= 11 is 0. The number of amides is 1.